The number of piperazine rings is 1. The second kappa shape index (κ2) is 10.8. The van der Waals surface area contributed by atoms with Crippen molar-refractivity contribution in [2.24, 2.45) is 0 Å². The molecule has 8 heteroatoms. The number of hydrogen-bond acceptors (Lipinski definition) is 5. The van der Waals surface area contributed by atoms with Crippen LogP contribution in [0.25, 0.3) is 5.69 Å². The van der Waals surface area contributed by atoms with E-state index in [1.807, 2.05) is 79.4 Å². The third-order valence-electron chi connectivity index (χ3n) is 6.35. The van der Waals surface area contributed by atoms with E-state index in [0.717, 1.165) is 5.56 Å². The Balaban J connectivity index is 1.54. The van der Waals surface area contributed by atoms with Crippen molar-refractivity contribution in [3.05, 3.63) is 87.8 Å². The van der Waals surface area contributed by atoms with Crippen LogP contribution in [0.2, 0.25) is 5.02 Å². The monoisotopic (exact) mass is 479 g/mol. The van der Waals surface area contributed by atoms with Crippen LogP contribution in [0.15, 0.2) is 71.7 Å². The first kappa shape index (κ1) is 24.0. The number of para-hydroxylation sites is 1. The van der Waals surface area contributed by atoms with E-state index in [1.165, 1.54) is 4.68 Å². The maximum Gasteiger partial charge on any atom is 0.292 e. The summed E-state index contributed by atoms with van der Waals surface area (Å²) in [7, 11) is 0. The molecule has 0 saturated carbocycles. The van der Waals surface area contributed by atoms with Gasteiger partial charge in [-0.3, -0.25) is 14.5 Å². The second-order valence-electron chi connectivity index (χ2n) is 8.24. The number of amides is 1. The number of likely N-dealkylation sites (N-methyl/N-ethyl adjacent to an activating group) is 1. The van der Waals surface area contributed by atoms with Crippen LogP contribution in [0.5, 0.6) is 0 Å². The molecule has 1 aliphatic rings. The normalized spacial score (nSPS) is 15.2. The average molecular weight is 480 g/mol. The maximum absolute atomic E-state index is 13.4. The molecule has 1 aliphatic heterocycles. The number of carbonyl (C=O) groups is 1. The third-order valence-corrected chi connectivity index (χ3v) is 6.70. The number of benzene rings is 2. The van der Waals surface area contributed by atoms with Gasteiger partial charge < -0.3 is 9.80 Å². The van der Waals surface area contributed by atoms with Crippen molar-refractivity contribution in [3.8, 4) is 5.69 Å². The number of hydrogen-bond donors (Lipinski definition) is 0. The second-order valence-corrected chi connectivity index (χ2v) is 8.62. The third kappa shape index (κ3) is 4.86. The Morgan fingerprint density at radius 1 is 0.971 bits per heavy atom. The summed E-state index contributed by atoms with van der Waals surface area (Å²) in [6, 6.07) is 18.8. The molecule has 3 aromatic rings. The number of rotatable bonds is 7. The highest BCUT2D eigenvalue weighted by Crippen LogP contribution is 2.28. The molecule has 1 unspecified atom stereocenters. The molecular weight excluding hydrogens is 450 g/mol. The fourth-order valence-corrected chi connectivity index (χ4v) is 4.72. The van der Waals surface area contributed by atoms with Crippen LogP contribution in [-0.4, -0.2) is 64.8 Å². The highest BCUT2D eigenvalue weighted by Gasteiger charge is 2.33. The zero-order chi connectivity index (χ0) is 24.1. The summed E-state index contributed by atoms with van der Waals surface area (Å²) in [5, 5.41) is 4.52. The van der Waals surface area contributed by atoms with Gasteiger partial charge in [-0.1, -0.05) is 60.1 Å². The number of halogens is 1. The van der Waals surface area contributed by atoms with Crippen LogP contribution >= 0.6 is 11.6 Å². The van der Waals surface area contributed by atoms with Crippen molar-refractivity contribution in [1.82, 2.24) is 19.6 Å². The van der Waals surface area contributed by atoms with Crippen molar-refractivity contribution in [2.75, 3.05) is 44.2 Å². The Morgan fingerprint density at radius 3 is 2.15 bits per heavy atom. The molecule has 1 atom stereocenters. The lowest BCUT2D eigenvalue weighted by Crippen LogP contribution is -2.52. The van der Waals surface area contributed by atoms with Gasteiger partial charge in [-0.2, -0.15) is 9.78 Å². The van der Waals surface area contributed by atoms with Gasteiger partial charge in [-0.05, 0) is 31.5 Å². The molecule has 0 radical (unpaired) electrons. The smallest absolute Gasteiger partial charge is 0.292 e. The molecule has 2 heterocycles. The molecule has 0 spiro atoms. The van der Waals surface area contributed by atoms with Crippen molar-refractivity contribution < 1.29 is 4.79 Å². The Labute approximate surface area is 205 Å². The van der Waals surface area contributed by atoms with Gasteiger partial charge in [0, 0.05) is 39.3 Å². The fourth-order valence-electron chi connectivity index (χ4n) is 4.47. The molecule has 178 valence electrons. The lowest BCUT2D eigenvalue weighted by atomic mass is 10.0. The van der Waals surface area contributed by atoms with E-state index in [4.69, 9.17) is 11.6 Å². The molecule has 1 saturated heterocycles. The van der Waals surface area contributed by atoms with E-state index in [-0.39, 0.29) is 22.5 Å². The molecule has 34 heavy (non-hydrogen) atoms. The molecular formula is C26H30ClN5O2. The summed E-state index contributed by atoms with van der Waals surface area (Å²) >= 11 is 6.52. The molecule has 7 nitrogen and oxygen atoms in total. The van der Waals surface area contributed by atoms with E-state index in [1.54, 1.807) is 6.20 Å². The van der Waals surface area contributed by atoms with Gasteiger partial charge in [0.25, 0.3) is 5.56 Å². The molecule has 0 N–H and O–H groups in total. The predicted molar refractivity (Wildman–Crippen MR) is 136 cm³/mol. The lowest BCUT2D eigenvalue weighted by molar-refractivity contribution is -0.137. The van der Waals surface area contributed by atoms with E-state index >= 15 is 0 Å². The van der Waals surface area contributed by atoms with Gasteiger partial charge >= 0.3 is 0 Å². The average Bonchev–Trinajstić information content (AvgIpc) is 2.88. The number of aromatic nitrogens is 2. The molecule has 1 fully saturated rings. The summed E-state index contributed by atoms with van der Waals surface area (Å²) in [6.07, 6.45) is 1.65. The minimum absolute atomic E-state index is 0.120. The molecule has 0 bridgehead atoms. The zero-order valence-corrected chi connectivity index (χ0v) is 20.4. The summed E-state index contributed by atoms with van der Waals surface area (Å²) < 4.78 is 1.32. The highest BCUT2D eigenvalue weighted by atomic mass is 35.5. The Kier molecular flexibility index (Phi) is 7.65. The number of carbonyl (C=O) groups excluding carboxylic acids is 1. The predicted octanol–water partition coefficient (Wildman–Crippen LogP) is 3.62. The Bertz CT molecular complexity index is 1160. The van der Waals surface area contributed by atoms with E-state index in [0.29, 0.717) is 50.6 Å². The fraction of sp³-hybridized carbons (Fsp3) is 0.346. The number of anilines is 1. The van der Waals surface area contributed by atoms with Crippen LogP contribution in [-0.2, 0) is 4.79 Å². The summed E-state index contributed by atoms with van der Waals surface area (Å²) in [5.41, 5.74) is 1.96. The standard InChI is InChI=1S/C26H30ClN5O2/c1-3-29(4-2)26(34)24(20-11-7-5-8-12-20)31-17-15-30(16-18-31)22-19-28-32(25(33)23(22)27)21-13-9-6-10-14-21/h5-14,19,24H,3-4,15-18H2,1-2H3. The Hall–Kier alpha value is -3.16. The first-order chi connectivity index (χ1) is 16.5. The van der Waals surface area contributed by atoms with Crippen molar-refractivity contribution in [3.63, 3.8) is 0 Å². The van der Waals surface area contributed by atoms with Crippen molar-refractivity contribution >= 4 is 23.2 Å². The SMILES string of the molecule is CCN(CC)C(=O)C(c1ccccc1)N1CCN(c2cnn(-c3ccccc3)c(=O)c2Cl)CC1. The maximum atomic E-state index is 13.4. The molecule has 4 rings (SSSR count). The van der Waals surface area contributed by atoms with E-state index in [2.05, 4.69) is 14.9 Å². The van der Waals surface area contributed by atoms with Gasteiger partial charge in [0.1, 0.15) is 11.1 Å². The van der Waals surface area contributed by atoms with Crippen molar-refractivity contribution in [2.45, 2.75) is 19.9 Å². The van der Waals surface area contributed by atoms with Crippen LogP contribution in [0.4, 0.5) is 5.69 Å². The van der Waals surface area contributed by atoms with Crippen LogP contribution in [0, 0.1) is 0 Å². The van der Waals surface area contributed by atoms with Crippen LogP contribution in [0.1, 0.15) is 25.5 Å². The number of nitrogens with zero attached hydrogens (tertiary/aromatic N) is 5. The quantitative estimate of drug-likeness (QED) is 0.518. The van der Waals surface area contributed by atoms with Gasteiger partial charge in [0.2, 0.25) is 5.91 Å². The van der Waals surface area contributed by atoms with Crippen LogP contribution in [0.3, 0.4) is 0 Å². The highest BCUT2D eigenvalue weighted by molar-refractivity contribution is 6.33. The molecule has 2 aromatic carbocycles. The van der Waals surface area contributed by atoms with Gasteiger partial charge in [0.15, 0.2) is 0 Å². The summed E-state index contributed by atoms with van der Waals surface area (Å²) in [6.45, 7) is 8.00. The topological polar surface area (TPSA) is 61.7 Å². The lowest BCUT2D eigenvalue weighted by Gasteiger charge is -2.41. The first-order valence-electron chi connectivity index (χ1n) is 11.7. The zero-order valence-electron chi connectivity index (χ0n) is 19.6. The van der Waals surface area contributed by atoms with Gasteiger partial charge in [-0.15, -0.1) is 0 Å². The van der Waals surface area contributed by atoms with E-state index in [9.17, 15) is 9.59 Å². The molecule has 0 aliphatic carbocycles. The molecule has 1 amide bonds. The summed E-state index contributed by atoms with van der Waals surface area (Å²) in [5.74, 6) is 0.120. The largest absolute Gasteiger partial charge is 0.366 e. The van der Waals surface area contributed by atoms with Gasteiger partial charge in [-0.25, -0.2) is 0 Å². The van der Waals surface area contributed by atoms with Crippen molar-refractivity contribution in [1.29, 1.82) is 0 Å². The van der Waals surface area contributed by atoms with Gasteiger partial charge in [0.05, 0.1) is 17.6 Å². The first-order valence-corrected chi connectivity index (χ1v) is 12.1. The minimum Gasteiger partial charge on any atom is -0.366 e. The van der Waals surface area contributed by atoms with E-state index < -0.39 is 0 Å². The summed E-state index contributed by atoms with van der Waals surface area (Å²) in [4.78, 5) is 32.5. The molecule has 1 aromatic heterocycles. The Morgan fingerprint density at radius 2 is 1.56 bits per heavy atom. The van der Waals surface area contributed by atoms with Crippen LogP contribution < -0.4 is 10.5 Å². The minimum atomic E-state index is -0.341.